The molecule has 0 bridgehead atoms. The Kier molecular flexibility index (Phi) is 10.2. The summed E-state index contributed by atoms with van der Waals surface area (Å²) in [6.07, 6.45) is 8.52. The van der Waals surface area contributed by atoms with Crippen LogP contribution in [-0.4, -0.2) is 46.2 Å². The summed E-state index contributed by atoms with van der Waals surface area (Å²) >= 11 is 0. The molecule has 1 heterocycles. The molecule has 1 fully saturated rings. The fourth-order valence-corrected chi connectivity index (χ4v) is 4.22. The molecule has 0 radical (unpaired) electrons. The van der Waals surface area contributed by atoms with Crippen molar-refractivity contribution in [3.05, 3.63) is 77.9 Å². The van der Waals surface area contributed by atoms with Crippen molar-refractivity contribution in [2.75, 3.05) is 13.2 Å². The van der Waals surface area contributed by atoms with Crippen molar-refractivity contribution in [3.8, 4) is 5.75 Å². The van der Waals surface area contributed by atoms with Crippen molar-refractivity contribution >= 4 is 11.9 Å². The SMILES string of the molecule is O=C(O)CCCCCCN1C(=O)CC[C@@H]1C=CC(O)c1cccc(OCCc2ccccc2)c1. The Morgan fingerprint density at radius 1 is 1.09 bits per heavy atom. The van der Waals surface area contributed by atoms with Gasteiger partial charge >= 0.3 is 5.97 Å². The van der Waals surface area contributed by atoms with Gasteiger partial charge in [-0.15, -0.1) is 0 Å². The molecule has 2 aromatic carbocycles. The first-order chi connectivity index (χ1) is 16.5. The van der Waals surface area contributed by atoms with Gasteiger partial charge in [-0.2, -0.15) is 0 Å². The molecule has 2 aromatic rings. The third kappa shape index (κ3) is 8.34. The highest BCUT2D eigenvalue weighted by molar-refractivity contribution is 5.79. The van der Waals surface area contributed by atoms with E-state index in [0.29, 0.717) is 26.0 Å². The number of carbonyl (C=O) groups is 2. The second kappa shape index (κ2) is 13.6. The molecule has 0 spiro atoms. The van der Waals surface area contributed by atoms with Crippen molar-refractivity contribution < 1.29 is 24.5 Å². The highest BCUT2D eigenvalue weighted by Gasteiger charge is 2.28. The Labute approximate surface area is 201 Å². The molecule has 2 atom stereocenters. The van der Waals surface area contributed by atoms with E-state index in [2.05, 4.69) is 12.1 Å². The normalized spacial score (nSPS) is 16.8. The first-order valence-electron chi connectivity index (χ1n) is 12.2. The lowest BCUT2D eigenvalue weighted by Crippen LogP contribution is -2.32. The summed E-state index contributed by atoms with van der Waals surface area (Å²) in [5.41, 5.74) is 1.97. The van der Waals surface area contributed by atoms with Gasteiger partial charge in [0.25, 0.3) is 0 Å². The predicted octanol–water partition coefficient (Wildman–Crippen LogP) is 4.92. The minimum absolute atomic E-state index is 0.00789. The molecule has 1 unspecified atom stereocenters. The molecule has 6 nitrogen and oxygen atoms in total. The largest absolute Gasteiger partial charge is 0.493 e. The van der Waals surface area contributed by atoms with Gasteiger partial charge < -0.3 is 19.8 Å². The number of hydrogen-bond acceptors (Lipinski definition) is 4. The van der Waals surface area contributed by atoms with Crippen LogP contribution in [0.15, 0.2) is 66.7 Å². The van der Waals surface area contributed by atoms with Gasteiger partial charge in [0, 0.05) is 25.8 Å². The van der Waals surface area contributed by atoms with E-state index < -0.39 is 12.1 Å². The summed E-state index contributed by atoms with van der Waals surface area (Å²) in [4.78, 5) is 24.8. The summed E-state index contributed by atoms with van der Waals surface area (Å²) in [5.74, 6) is 0.104. The Bertz CT molecular complexity index is 943. The Hall–Kier alpha value is -3.12. The number of aliphatic carboxylic acids is 1. The minimum atomic E-state index is -0.772. The van der Waals surface area contributed by atoms with Gasteiger partial charge in [0.05, 0.1) is 18.8 Å². The van der Waals surface area contributed by atoms with Crippen LogP contribution in [0.4, 0.5) is 0 Å². The molecule has 182 valence electrons. The zero-order valence-electron chi connectivity index (χ0n) is 19.6. The number of likely N-dealkylation sites (tertiary alicyclic amines) is 1. The van der Waals surface area contributed by atoms with Gasteiger partial charge in [-0.05, 0) is 42.5 Å². The van der Waals surface area contributed by atoms with Crippen LogP contribution in [0.1, 0.15) is 62.2 Å². The van der Waals surface area contributed by atoms with Gasteiger partial charge in [0.1, 0.15) is 5.75 Å². The Morgan fingerprint density at radius 2 is 1.88 bits per heavy atom. The number of nitrogens with zero attached hydrogens (tertiary/aromatic N) is 1. The molecule has 0 aromatic heterocycles. The minimum Gasteiger partial charge on any atom is -0.493 e. The average molecular weight is 466 g/mol. The van der Waals surface area contributed by atoms with E-state index in [1.165, 1.54) is 5.56 Å². The molecule has 1 aliphatic heterocycles. The van der Waals surface area contributed by atoms with Crippen LogP contribution in [0.25, 0.3) is 0 Å². The van der Waals surface area contributed by atoms with Gasteiger partial charge in [0.2, 0.25) is 5.91 Å². The maximum absolute atomic E-state index is 12.3. The molecular formula is C28H35NO5. The zero-order chi connectivity index (χ0) is 24.2. The molecule has 1 amide bonds. The van der Waals surface area contributed by atoms with Crippen LogP contribution >= 0.6 is 0 Å². The molecular weight excluding hydrogens is 430 g/mol. The monoisotopic (exact) mass is 465 g/mol. The highest BCUT2D eigenvalue weighted by Crippen LogP contribution is 2.24. The summed E-state index contributed by atoms with van der Waals surface area (Å²) in [6, 6.07) is 17.7. The average Bonchev–Trinajstić information content (AvgIpc) is 3.19. The van der Waals surface area contributed by atoms with Crippen molar-refractivity contribution in [1.29, 1.82) is 0 Å². The van der Waals surface area contributed by atoms with Gasteiger partial charge in [-0.3, -0.25) is 9.59 Å². The first-order valence-corrected chi connectivity index (χ1v) is 12.2. The number of carboxylic acid groups (broad SMARTS) is 1. The molecule has 6 heteroatoms. The molecule has 1 aliphatic rings. The molecule has 3 rings (SSSR count). The molecule has 0 saturated carbocycles. The standard InChI is InChI=1S/C28H35NO5/c30-26(23-11-8-12-25(21-23)34-20-18-22-9-4-3-5-10-22)16-14-24-15-17-27(31)29(24)19-7-2-1-6-13-28(32)33/h3-5,8-12,14,16,21,24,26,30H,1-2,6-7,13,15,17-20H2,(H,32,33)/t24-,26?/m0/s1. The second-order valence-corrected chi connectivity index (χ2v) is 8.74. The smallest absolute Gasteiger partial charge is 0.303 e. The lowest BCUT2D eigenvalue weighted by Gasteiger charge is -2.22. The van der Waals surface area contributed by atoms with Gasteiger partial charge in [-0.25, -0.2) is 0 Å². The number of benzene rings is 2. The zero-order valence-corrected chi connectivity index (χ0v) is 19.6. The van der Waals surface area contributed by atoms with E-state index in [-0.39, 0.29) is 18.4 Å². The molecule has 34 heavy (non-hydrogen) atoms. The topological polar surface area (TPSA) is 87.1 Å². The maximum Gasteiger partial charge on any atom is 0.303 e. The van der Waals surface area contributed by atoms with Crippen LogP contribution in [-0.2, 0) is 16.0 Å². The predicted molar refractivity (Wildman–Crippen MR) is 132 cm³/mol. The second-order valence-electron chi connectivity index (χ2n) is 8.74. The van der Waals surface area contributed by atoms with Gasteiger partial charge in [0.15, 0.2) is 0 Å². The number of unbranched alkanes of at least 4 members (excludes halogenated alkanes) is 3. The van der Waals surface area contributed by atoms with E-state index in [1.54, 1.807) is 6.08 Å². The lowest BCUT2D eigenvalue weighted by molar-refractivity contribution is -0.137. The lowest BCUT2D eigenvalue weighted by atomic mass is 10.1. The number of rotatable bonds is 14. The summed E-state index contributed by atoms with van der Waals surface area (Å²) < 4.78 is 5.87. The Morgan fingerprint density at radius 3 is 2.68 bits per heavy atom. The van der Waals surface area contributed by atoms with E-state index in [9.17, 15) is 14.7 Å². The maximum atomic E-state index is 12.3. The first kappa shape index (κ1) is 25.5. The number of carbonyl (C=O) groups excluding carboxylic acids is 1. The quantitative estimate of drug-likeness (QED) is 0.305. The number of hydrogen-bond donors (Lipinski definition) is 2. The molecule has 1 saturated heterocycles. The molecule has 0 aliphatic carbocycles. The fraction of sp³-hybridized carbons (Fsp3) is 0.429. The van der Waals surface area contributed by atoms with Crippen LogP contribution in [0, 0.1) is 0 Å². The fourth-order valence-electron chi connectivity index (χ4n) is 4.22. The molecule has 2 N–H and O–H groups in total. The van der Waals surface area contributed by atoms with Crippen molar-refractivity contribution in [2.45, 2.75) is 63.5 Å². The Balaban J connectivity index is 1.46. The van der Waals surface area contributed by atoms with Crippen LogP contribution in [0.2, 0.25) is 0 Å². The van der Waals surface area contributed by atoms with Crippen LogP contribution in [0.3, 0.4) is 0 Å². The summed E-state index contributed by atoms with van der Waals surface area (Å²) in [7, 11) is 0. The number of aliphatic hydroxyl groups is 1. The van der Waals surface area contributed by atoms with E-state index in [4.69, 9.17) is 9.84 Å². The van der Waals surface area contributed by atoms with Crippen molar-refractivity contribution in [2.24, 2.45) is 0 Å². The van der Waals surface area contributed by atoms with Gasteiger partial charge in [-0.1, -0.05) is 67.5 Å². The number of aliphatic hydroxyl groups excluding tert-OH is 1. The number of ether oxygens (including phenoxy) is 1. The van der Waals surface area contributed by atoms with E-state index in [0.717, 1.165) is 43.4 Å². The highest BCUT2D eigenvalue weighted by atomic mass is 16.5. The van der Waals surface area contributed by atoms with Crippen molar-refractivity contribution in [3.63, 3.8) is 0 Å². The third-order valence-corrected chi connectivity index (χ3v) is 6.13. The van der Waals surface area contributed by atoms with Crippen LogP contribution in [0.5, 0.6) is 5.75 Å². The van der Waals surface area contributed by atoms with Crippen LogP contribution < -0.4 is 4.74 Å². The third-order valence-electron chi connectivity index (χ3n) is 6.13. The summed E-state index contributed by atoms with van der Waals surface area (Å²) in [5, 5.41) is 19.4. The van der Waals surface area contributed by atoms with E-state index >= 15 is 0 Å². The summed E-state index contributed by atoms with van der Waals surface area (Å²) in [6.45, 7) is 1.23. The number of amides is 1. The number of carboxylic acids is 1. The van der Waals surface area contributed by atoms with E-state index in [1.807, 2.05) is 53.4 Å². The van der Waals surface area contributed by atoms with Crippen molar-refractivity contribution in [1.82, 2.24) is 4.90 Å².